The first-order valence-electron chi connectivity index (χ1n) is 8.59. The van der Waals surface area contributed by atoms with Gasteiger partial charge in [0.2, 0.25) is 0 Å². The fourth-order valence-corrected chi connectivity index (χ4v) is 2.90. The van der Waals surface area contributed by atoms with Crippen LogP contribution in [0, 0.1) is 5.92 Å². The zero-order chi connectivity index (χ0) is 16.5. The third kappa shape index (κ3) is 3.71. The lowest BCUT2D eigenvalue weighted by molar-refractivity contribution is 0.00578. The summed E-state index contributed by atoms with van der Waals surface area (Å²) < 4.78 is 17.6. The van der Waals surface area contributed by atoms with E-state index >= 15 is 0 Å². The second-order valence-electron chi connectivity index (χ2n) is 7.56. The number of allylic oxidation sites excluding steroid dienone is 1. The minimum Gasteiger partial charge on any atom is -0.399 e. The van der Waals surface area contributed by atoms with E-state index in [0.29, 0.717) is 5.92 Å². The molecular formula is C19H27BO3. The average Bonchev–Trinajstić information content (AvgIpc) is 2.75. The SMILES string of the molecule is CC1(C)OB(c2ccc(C=CC3CCOCC3)cc2)OC1(C)C. The van der Waals surface area contributed by atoms with Gasteiger partial charge in [-0.25, -0.2) is 0 Å². The lowest BCUT2D eigenvalue weighted by Gasteiger charge is -2.32. The normalized spacial score (nSPS) is 24.4. The standard InChI is InChI=1S/C19H27BO3/c1-18(2)19(3,4)23-20(22-18)17-9-7-15(8-10-17)5-6-16-11-13-21-14-12-16/h5-10,16H,11-14H2,1-4H3. The molecule has 1 aromatic rings. The zero-order valence-electron chi connectivity index (χ0n) is 14.7. The predicted molar refractivity (Wildman–Crippen MR) is 94.7 cm³/mol. The van der Waals surface area contributed by atoms with E-state index in [4.69, 9.17) is 14.0 Å². The molecule has 0 unspecified atom stereocenters. The summed E-state index contributed by atoms with van der Waals surface area (Å²) in [5.74, 6) is 0.645. The third-order valence-corrected chi connectivity index (χ3v) is 5.29. The van der Waals surface area contributed by atoms with Crippen LogP contribution in [0.5, 0.6) is 0 Å². The summed E-state index contributed by atoms with van der Waals surface area (Å²) in [5, 5.41) is 0. The zero-order valence-corrected chi connectivity index (χ0v) is 14.7. The molecule has 3 rings (SSSR count). The monoisotopic (exact) mass is 314 g/mol. The molecule has 0 spiro atoms. The molecule has 4 heteroatoms. The van der Waals surface area contributed by atoms with Crippen LogP contribution in [0.15, 0.2) is 30.3 Å². The summed E-state index contributed by atoms with van der Waals surface area (Å²) in [7, 11) is -0.284. The molecule has 0 saturated carbocycles. The highest BCUT2D eigenvalue weighted by molar-refractivity contribution is 6.62. The number of rotatable bonds is 3. The summed E-state index contributed by atoms with van der Waals surface area (Å²) in [6.07, 6.45) is 6.78. The predicted octanol–water partition coefficient (Wildman–Crippen LogP) is 3.43. The first kappa shape index (κ1) is 16.8. The molecule has 1 aromatic carbocycles. The maximum Gasteiger partial charge on any atom is 0.494 e. The van der Waals surface area contributed by atoms with Gasteiger partial charge < -0.3 is 14.0 Å². The van der Waals surface area contributed by atoms with Crippen molar-refractivity contribution in [2.75, 3.05) is 13.2 Å². The van der Waals surface area contributed by atoms with E-state index in [1.165, 1.54) is 5.56 Å². The Balaban J connectivity index is 1.65. The molecule has 0 radical (unpaired) electrons. The van der Waals surface area contributed by atoms with Crippen molar-refractivity contribution in [3.05, 3.63) is 35.9 Å². The van der Waals surface area contributed by atoms with E-state index in [9.17, 15) is 0 Å². The van der Waals surface area contributed by atoms with Gasteiger partial charge >= 0.3 is 7.12 Å². The van der Waals surface area contributed by atoms with Gasteiger partial charge in [-0.3, -0.25) is 0 Å². The van der Waals surface area contributed by atoms with Gasteiger partial charge in [0.15, 0.2) is 0 Å². The first-order chi connectivity index (χ1) is 10.9. The van der Waals surface area contributed by atoms with Crippen molar-refractivity contribution in [3.8, 4) is 0 Å². The van der Waals surface area contributed by atoms with Gasteiger partial charge in [-0.05, 0) is 57.5 Å². The highest BCUT2D eigenvalue weighted by Gasteiger charge is 2.51. The van der Waals surface area contributed by atoms with Crippen molar-refractivity contribution in [2.45, 2.75) is 51.7 Å². The van der Waals surface area contributed by atoms with E-state index in [1.807, 2.05) is 0 Å². The smallest absolute Gasteiger partial charge is 0.399 e. The van der Waals surface area contributed by atoms with Crippen molar-refractivity contribution in [1.82, 2.24) is 0 Å². The summed E-state index contributed by atoms with van der Waals surface area (Å²) in [5.41, 5.74) is 1.71. The number of ether oxygens (including phenoxy) is 1. The summed E-state index contributed by atoms with van der Waals surface area (Å²) in [6, 6.07) is 8.48. The van der Waals surface area contributed by atoms with Gasteiger partial charge in [-0.15, -0.1) is 0 Å². The van der Waals surface area contributed by atoms with Crippen LogP contribution in [-0.2, 0) is 14.0 Å². The van der Waals surface area contributed by atoms with Gasteiger partial charge in [0.1, 0.15) is 0 Å². The van der Waals surface area contributed by atoms with E-state index in [0.717, 1.165) is 31.5 Å². The van der Waals surface area contributed by atoms with Crippen molar-refractivity contribution in [1.29, 1.82) is 0 Å². The molecule has 2 aliphatic rings. The second kappa shape index (κ2) is 6.42. The molecule has 0 aromatic heterocycles. The Bertz CT molecular complexity index is 540. The second-order valence-corrected chi connectivity index (χ2v) is 7.56. The minimum atomic E-state index is -0.292. The van der Waals surface area contributed by atoms with Gasteiger partial charge in [0.05, 0.1) is 11.2 Å². The molecule has 2 aliphatic heterocycles. The lowest BCUT2D eigenvalue weighted by Crippen LogP contribution is -2.41. The van der Waals surface area contributed by atoms with Crippen LogP contribution < -0.4 is 5.46 Å². The van der Waals surface area contributed by atoms with Crippen molar-refractivity contribution < 1.29 is 14.0 Å². The topological polar surface area (TPSA) is 27.7 Å². The molecule has 2 saturated heterocycles. The molecule has 0 N–H and O–H groups in total. The Kier molecular flexibility index (Phi) is 4.68. The van der Waals surface area contributed by atoms with E-state index < -0.39 is 0 Å². The molecule has 0 bridgehead atoms. The highest BCUT2D eigenvalue weighted by atomic mass is 16.7. The van der Waals surface area contributed by atoms with Crippen LogP contribution in [-0.4, -0.2) is 31.5 Å². The van der Waals surface area contributed by atoms with E-state index in [2.05, 4.69) is 64.1 Å². The fourth-order valence-electron chi connectivity index (χ4n) is 2.90. The molecule has 124 valence electrons. The highest BCUT2D eigenvalue weighted by Crippen LogP contribution is 2.36. The van der Waals surface area contributed by atoms with Crippen molar-refractivity contribution in [2.24, 2.45) is 5.92 Å². The van der Waals surface area contributed by atoms with Gasteiger partial charge in [-0.2, -0.15) is 0 Å². The van der Waals surface area contributed by atoms with Crippen LogP contribution in [0.3, 0.4) is 0 Å². The average molecular weight is 314 g/mol. The summed E-state index contributed by atoms with van der Waals surface area (Å²) in [6.45, 7) is 10.1. The quantitative estimate of drug-likeness (QED) is 0.800. The van der Waals surface area contributed by atoms with Crippen LogP contribution in [0.1, 0.15) is 46.1 Å². The Morgan fingerprint density at radius 1 is 0.957 bits per heavy atom. The van der Waals surface area contributed by atoms with E-state index in [-0.39, 0.29) is 18.3 Å². The maximum absolute atomic E-state index is 6.09. The third-order valence-electron chi connectivity index (χ3n) is 5.29. The fraction of sp³-hybridized carbons (Fsp3) is 0.579. The number of hydrogen-bond acceptors (Lipinski definition) is 3. The Morgan fingerprint density at radius 3 is 2.09 bits per heavy atom. The molecular weight excluding hydrogens is 287 g/mol. The van der Waals surface area contributed by atoms with Crippen molar-refractivity contribution in [3.63, 3.8) is 0 Å². The Hall–Kier alpha value is -1.10. The summed E-state index contributed by atoms with van der Waals surface area (Å²) >= 11 is 0. The van der Waals surface area contributed by atoms with Crippen LogP contribution in [0.25, 0.3) is 6.08 Å². The number of benzene rings is 1. The molecule has 0 amide bonds. The van der Waals surface area contributed by atoms with Gasteiger partial charge in [0.25, 0.3) is 0 Å². The van der Waals surface area contributed by atoms with Crippen LogP contribution in [0.2, 0.25) is 0 Å². The maximum atomic E-state index is 6.09. The van der Waals surface area contributed by atoms with Crippen molar-refractivity contribution >= 4 is 18.7 Å². The lowest BCUT2D eigenvalue weighted by atomic mass is 9.79. The molecule has 0 atom stereocenters. The molecule has 2 heterocycles. The van der Waals surface area contributed by atoms with Crippen LogP contribution >= 0.6 is 0 Å². The Morgan fingerprint density at radius 2 is 1.52 bits per heavy atom. The molecule has 23 heavy (non-hydrogen) atoms. The molecule has 3 nitrogen and oxygen atoms in total. The van der Waals surface area contributed by atoms with Gasteiger partial charge in [-0.1, -0.05) is 36.4 Å². The summed E-state index contributed by atoms with van der Waals surface area (Å²) in [4.78, 5) is 0. The Labute approximate surface area is 140 Å². The van der Waals surface area contributed by atoms with E-state index in [1.54, 1.807) is 0 Å². The van der Waals surface area contributed by atoms with Crippen LogP contribution in [0.4, 0.5) is 0 Å². The molecule has 0 aliphatic carbocycles. The molecule has 2 fully saturated rings. The number of hydrogen-bond donors (Lipinski definition) is 0. The minimum absolute atomic E-state index is 0.284. The first-order valence-corrected chi connectivity index (χ1v) is 8.59. The van der Waals surface area contributed by atoms with Gasteiger partial charge in [0, 0.05) is 13.2 Å². The largest absolute Gasteiger partial charge is 0.494 e.